The molecule has 3 aromatic heterocycles. The van der Waals surface area contributed by atoms with Crippen LogP contribution in [0.1, 0.15) is 0 Å². The molecule has 8 heteroatoms. The number of para-hydroxylation sites is 9. The van der Waals surface area contributed by atoms with Gasteiger partial charge >= 0.3 is 0 Å². The van der Waals surface area contributed by atoms with Crippen LogP contribution in [0.3, 0.4) is 0 Å². The van der Waals surface area contributed by atoms with Crippen molar-refractivity contribution in [2.75, 3.05) is 15.1 Å². The van der Waals surface area contributed by atoms with Gasteiger partial charge in [-0.1, -0.05) is 208 Å². The number of hydrogen-bond donors (Lipinski definition) is 1. The molecule has 92 heavy (non-hydrogen) atoms. The number of hydrogen-bond acceptors (Lipinski definition) is 3. The topological polar surface area (TPSA) is 33.3 Å². The predicted molar refractivity (Wildman–Crippen MR) is 397 cm³/mol. The van der Waals surface area contributed by atoms with Crippen molar-refractivity contribution in [2.24, 2.45) is 0 Å². The Balaban J connectivity index is 0.000000169. The maximum absolute atomic E-state index is 3.50. The monoisotopic (exact) mass is 1310 g/mol. The molecule has 0 aliphatic rings. The molecule has 14 aromatic carbocycles. The van der Waals surface area contributed by atoms with E-state index in [-0.39, 0.29) is 0 Å². The fourth-order valence-corrected chi connectivity index (χ4v) is 13.9. The summed E-state index contributed by atoms with van der Waals surface area (Å²) in [6.45, 7) is 0. The second kappa shape index (κ2) is 25.7. The lowest BCUT2D eigenvalue weighted by molar-refractivity contribution is 1.18. The normalized spacial score (nSPS) is 11.2. The number of rotatable bonds is 11. The summed E-state index contributed by atoms with van der Waals surface area (Å²) in [7, 11) is 0. The molecule has 0 fully saturated rings. The highest BCUT2D eigenvalue weighted by Crippen LogP contribution is 2.45. The van der Waals surface area contributed by atoms with Crippen LogP contribution in [0.4, 0.5) is 45.5 Å². The van der Waals surface area contributed by atoms with Gasteiger partial charge in [-0.05, 0) is 182 Å². The number of benzene rings is 14. The Morgan fingerprint density at radius 3 is 0.902 bits per heavy atom. The van der Waals surface area contributed by atoms with Crippen molar-refractivity contribution >= 4 is 143 Å². The predicted octanol–water partition coefficient (Wildman–Crippen LogP) is 24.6. The molecular formula is C84H60Br2N6. The lowest BCUT2D eigenvalue weighted by atomic mass is 10.1. The van der Waals surface area contributed by atoms with E-state index in [1.807, 2.05) is 42.5 Å². The second-order valence-corrected chi connectivity index (χ2v) is 24.3. The smallest absolute Gasteiger partial charge is 0.0542 e. The van der Waals surface area contributed by atoms with E-state index in [4.69, 9.17) is 0 Å². The molecular weight excluding hydrogens is 1250 g/mol. The molecule has 3 heterocycles. The maximum Gasteiger partial charge on any atom is 0.0542 e. The van der Waals surface area contributed by atoms with Crippen LogP contribution in [-0.2, 0) is 0 Å². The molecule has 0 saturated carbocycles. The highest BCUT2D eigenvalue weighted by molar-refractivity contribution is 9.11. The van der Waals surface area contributed by atoms with E-state index >= 15 is 0 Å². The van der Waals surface area contributed by atoms with Crippen LogP contribution in [0, 0.1) is 0 Å². The molecule has 17 rings (SSSR count). The van der Waals surface area contributed by atoms with Crippen LogP contribution in [0.2, 0.25) is 0 Å². The molecule has 1 N–H and O–H groups in total. The zero-order valence-corrected chi connectivity index (χ0v) is 53.2. The van der Waals surface area contributed by atoms with E-state index in [1.54, 1.807) is 0 Å². The first kappa shape index (κ1) is 57.3. The number of fused-ring (bicyclic) bond motifs is 9. The molecule has 17 aromatic rings. The molecule has 0 amide bonds. The van der Waals surface area contributed by atoms with Crippen molar-refractivity contribution in [3.05, 3.63) is 367 Å². The number of nitrogens with zero attached hydrogens (tertiary/aromatic N) is 5. The third-order valence-corrected chi connectivity index (χ3v) is 17.8. The van der Waals surface area contributed by atoms with E-state index in [9.17, 15) is 0 Å². The Hall–Kier alpha value is -11.2. The Morgan fingerprint density at radius 2 is 0.511 bits per heavy atom. The summed E-state index contributed by atoms with van der Waals surface area (Å²) in [5.74, 6) is 0. The molecule has 0 atom stereocenters. The van der Waals surface area contributed by atoms with Gasteiger partial charge in [-0.25, -0.2) is 0 Å². The van der Waals surface area contributed by atoms with E-state index < -0.39 is 0 Å². The summed E-state index contributed by atoms with van der Waals surface area (Å²) in [4.78, 5) is 4.74. The molecule has 0 radical (unpaired) electrons. The van der Waals surface area contributed by atoms with Gasteiger partial charge in [0.25, 0.3) is 0 Å². The summed E-state index contributed by atoms with van der Waals surface area (Å²) in [5.41, 5.74) is 19.4. The number of anilines is 8. The van der Waals surface area contributed by atoms with Crippen molar-refractivity contribution in [3.8, 4) is 17.1 Å². The third-order valence-electron chi connectivity index (χ3n) is 16.8. The Bertz CT molecular complexity index is 5170. The van der Waals surface area contributed by atoms with Crippen molar-refractivity contribution in [1.82, 2.24) is 13.7 Å². The van der Waals surface area contributed by atoms with Gasteiger partial charge in [0, 0.05) is 104 Å². The van der Waals surface area contributed by atoms with Gasteiger partial charge in [-0.3, -0.25) is 0 Å². The molecule has 6 nitrogen and oxygen atoms in total. The number of nitrogens with one attached hydrogen (secondary N) is 1. The van der Waals surface area contributed by atoms with Gasteiger partial charge in [0.15, 0.2) is 0 Å². The summed E-state index contributed by atoms with van der Waals surface area (Å²) in [5, 5.41) is 10.9. The van der Waals surface area contributed by atoms with Gasteiger partial charge in [-0.15, -0.1) is 0 Å². The summed E-state index contributed by atoms with van der Waals surface area (Å²) in [6.07, 6.45) is 0. The Labute approximate surface area is 551 Å². The van der Waals surface area contributed by atoms with Crippen LogP contribution in [-0.4, -0.2) is 13.7 Å². The van der Waals surface area contributed by atoms with Crippen LogP contribution in [0.5, 0.6) is 0 Å². The van der Waals surface area contributed by atoms with Crippen molar-refractivity contribution < 1.29 is 0 Å². The van der Waals surface area contributed by atoms with Crippen LogP contribution in [0.25, 0.3) is 82.5 Å². The molecule has 0 spiro atoms. The zero-order chi connectivity index (χ0) is 61.7. The highest BCUT2D eigenvalue weighted by atomic mass is 79.9. The largest absolute Gasteiger partial charge is 0.356 e. The number of aromatic nitrogens is 3. The van der Waals surface area contributed by atoms with E-state index in [0.29, 0.717) is 0 Å². The fraction of sp³-hybridized carbons (Fsp3) is 0. The molecule has 0 aliphatic carbocycles. The molecule has 0 aliphatic heterocycles. The van der Waals surface area contributed by atoms with Crippen LogP contribution in [0.15, 0.2) is 367 Å². The van der Waals surface area contributed by atoms with Gasteiger partial charge in [0.2, 0.25) is 0 Å². The van der Waals surface area contributed by atoms with Crippen LogP contribution < -0.4 is 15.1 Å². The quantitative estimate of drug-likeness (QED) is 0.140. The maximum atomic E-state index is 3.50. The van der Waals surface area contributed by atoms with Crippen LogP contribution >= 0.6 is 31.9 Å². The Kier molecular flexibility index (Phi) is 16.0. The lowest BCUT2D eigenvalue weighted by Gasteiger charge is -2.29. The van der Waals surface area contributed by atoms with Gasteiger partial charge in [0.1, 0.15) is 0 Å². The van der Waals surface area contributed by atoms with E-state index in [1.165, 1.54) is 71.1 Å². The standard InChI is InChI=1S/C54H38N4.C24H18N2.C6H4Br2/c1-5-18-39(19-6-1)55(45-32-34-53-49(37-45)47-28-13-15-30-51(47)57(53)41-22-9-3-10-23-41)43-26-17-27-44(36-43)56(40-20-7-2-8-21-40)46-33-35-54-50(38-46)48-29-14-16-31-52(48)58(54)42-24-11-4-12-25-42;1-3-9-18(10-4-1)25-19-15-16-24-22(17-19)21-13-7-8-14-23(21)26(24)20-11-5-2-6-12-20;7-5-2-1-3-6(8)4-5/h1-38H;1-17,25H;1-4H. The molecule has 440 valence electrons. The first-order valence-electron chi connectivity index (χ1n) is 30.8. The SMILES string of the molecule is Brc1cccc(Br)c1.c1ccc(N(c2cccc(N(c3ccccc3)c3ccc4c(c3)c3ccccc3n4-c3ccccc3)c2)c2ccc3c(c2)c2ccccc2n3-c2ccccc2)cc1.c1ccc(Nc2ccc3c(c2)c2ccccc2n3-c2ccccc2)cc1. The van der Waals surface area contributed by atoms with Gasteiger partial charge in [0.05, 0.1) is 33.1 Å². The number of halogens is 2. The average molecular weight is 1310 g/mol. The average Bonchev–Trinajstić information content (AvgIpc) is 1.63. The van der Waals surface area contributed by atoms with Gasteiger partial charge in [-0.2, -0.15) is 0 Å². The minimum Gasteiger partial charge on any atom is -0.356 e. The zero-order valence-electron chi connectivity index (χ0n) is 50.1. The first-order chi connectivity index (χ1) is 45.5. The second-order valence-electron chi connectivity index (χ2n) is 22.5. The Morgan fingerprint density at radius 1 is 0.207 bits per heavy atom. The molecule has 0 unspecified atom stereocenters. The van der Waals surface area contributed by atoms with E-state index in [2.05, 4.69) is 376 Å². The highest BCUT2D eigenvalue weighted by Gasteiger charge is 2.22. The summed E-state index contributed by atoms with van der Waals surface area (Å²) >= 11 is 6.66. The molecule has 0 saturated heterocycles. The van der Waals surface area contributed by atoms with Crippen molar-refractivity contribution in [2.45, 2.75) is 0 Å². The minimum absolute atomic E-state index is 1.07. The minimum atomic E-state index is 1.07. The first-order valence-corrected chi connectivity index (χ1v) is 32.4. The van der Waals surface area contributed by atoms with Crippen molar-refractivity contribution in [1.29, 1.82) is 0 Å². The fourth-order valence-electron chi connectivity index (χ4n) is 12.8. The van der Waals surface area contributed by atoms with Crippen molar-refractivity contribution in [3.63, 3.8) is 0 Å². The molecule has 0 bridgehead atoms. The van der Waals surface area contributed by atoms with Gasteiger partial charge < -0.3 is 28.8 Å². The summed E-state index contributed by atoms with van der Waals surface area (Å²) in [6, 6.07) is 127. The van der Waals surface area contributed by atoms with E-state index in [0.717, 1.165) is 65.8 Å². The summed E-state index contributed by atoms with van der Waals surface area (Å²) < 4.78 is 9.28. The third kappa shape index (κ3) is 11.4. The lowest BCUT2D eigenvalue weighted by Crippen LogP contribution is -2.13.